The molecule has 0 aromatic heterocycles. The van der Waals surface area contributed by atoms with E-state index < -0.39 is 0 Å². The van der Waals surface area contributed by atoms with Crippen molar-refractivity contribution in [2.24, 2.45) is 5.92 Å². The molecule has 0 aliphatic carbocycles. The van der Waals surface area contributed by atoms with Crippen LogP contribution in [0.3, 0.4) is 0 Å². The first-order valence-corrected chi connectivity index (χ1v) is 5.63. The number of hydrogen-bond donors (Lipinski definition) is 0. The number of esters is 1. The van der Waals surface area contributed by atoms with Gasteiger partial charge in [-0.3, -0.25) is 4.79 Å². The minimum Gasteiger partial charge on any atom is -0.460 e. The van der Waals surface area contributed by atoms with Gasteiger partial charge in [-0.15, -0.1) is 0 Å². The molecule has 0 N–H and O–H groups in total. The summed E-state index contributed by atoms with van der Waals surface area (Å²) in [6.07, 6.45) is 4.09. The molecular weight excluding hydrogens is 176 g/mol. The Balaban J connectivity index is 4.04. The van der Waals surface area contributed by atoms with Crippen LogP contribution in [0.15, 0.2) is 0 Å². The number of ether oxygens (including phenoxy) is 1. The Morgan fingerprint density at radius 2 is 1.86 bits per heavy atom. The number of unbranched alkanes of at least 4 members (excludes halogenated alkanes) is 1. The van der Waals surface area contributed by atoms with E-state index in [1.807, 2.05) is 27.7 Å². The van der Waals surface area contributed by atoms with Gasteiger partial charge in [0.2, 0.25) is 0 Å². The molecule has 0 bridgehead atoms. The maximum Gasteiger partial charge on any atom is 0.309 e. The first kappa shape index (κ1) is 13.5. The first-order valence-electron chi connectivity index (χ1n) is 5.63. The third kappa shape index (κ3) is 6.01. The van der Waals surface area contributed by atoms with Crippen LogP contribution < -0.4 is 0 Å². The second-order valence-corrected chi connectivity index (χ2v) is 4.78. The van der Waals surface area contributed by atoms with E-state index in [1.165, 1.54) is 0 Å². The third-order valence-corrected chi connectivity index (χ3v) is 2.14. The van der Waals surface area contributed by atoms with Gasteiger partial charge in [-0.1, -0.05) is 26.7 Å². The zero-order valence-corrected chi connectivity index (χ0v) is 10.2. The van der Waals surface area contributed by atoms with E-state index in [2.05, 4.69) is 6.92 Å². The second-order valence-electron chi connectivity index (χ2n) is 4.78. The van der Waals surface area contributed by atoms with Crippen LogP contribution in [-0.4, -0.2) is 11.6 Å². The SMILES string of the molecule is CCCC[C@H](CC)C(=O)OC(C)(C)C. The first-order chi connectivity index (χ1) is 6.40. The quantitative estimate of drug-likeness (QED) is 0.634. The van der Waals surface area contributed by atoms with E-state index in [9.17, 15) is 4.79 Å². The van der Waals surface area contributed by atoms with Gasteiger partial charge in [0.1, 0.15) is 5.60 Å². The van der Waals surface area contributed by atoms with Crippen LogP contribution in [0.1, 0.15) is 60.3 Å². The van der Waals surface area contributed by atoms with Crippen LogP contribution in [0.2, 0.25) is 0 Å². The zero-order valence-electron chi connectivity index (χ0n) is 10.2. The Morgan fingerprint density at radius 1 is 1.29 bits per heavy atom. The van der Waals surface area contributed by atoms with Crippen molar-refractivity contribution in [1.29, 1.82) is 0 Å². The van der Waals surface area contributed by atoms with Crippen molar-refractivity contribution in [3.63, 3.8) is 0 Å². The predicted octanol–water partition coefficient (Wildman–Crippen LogP) is 3.54. The molecule has 0 aromatic carbocycles. The maximum absolute atomic E-state index is 11.7. The molecule has 0 fully saturated rings. The summed E-state index contributed by atoms with van der Waals surface area (Å²) in [6.45, 7) is 9.93. The summed E-state index contributed by atoms with van der Waals surface area (Å²) in [5.41, 5.74) is -0.350. The van der Waals surface area contributed by atoms with Crippen LogP contribution in [0.4, 0.5) is 0 Å². The van der Waals surface area contributed by atoms with Gasteiger partial charge in [0.25, 0.3) is 0 Å². The van der Waals surface area contributed by atoms with Gasteiger partial charge >= 0.3 is 5.97 Å². The molecule has 1 atom stereocenters. The average Bonchev–Trinajstić information content (AvgIpc) is 2.02. The van der Waals surface area contributed by atoms with Gasteiger partial charge in [0.15, 0.2) is 0 Å². The van der Waals surface area contributed by atoms with E-state index in [1.54, 1.807) is 0 Å². The lowest BCUT2D eigenvalue weighted by molar-refractivity contribution is -0.160. The minimum atomic E-state index is -0.350. The molecule has 0 aliphatic rings. The molecule has 14 heavy (non-hydrogen) atoms. The molecule has 0 heterocycles. The monoisotopic (exact) mass is 200 g/mol. The van der Waals surface area contributed by atoms with Crippen molar-refractivity contribution in [3.8, 4) is 0 Å². The summed E-state index contributed by atoms with van der Waals surface area (Å²) < 4.78 is 5.35. The van der Waals surface area contributed by atoms with Crippen molar-refractivity contribution in [2.75, 3.05) is 0 Å². The normalized spacial score (nSPS) is 13.8. The fraction of sp³-hybridized carbons (Fsp3) is 0.917. The van der Waals surface area contributed by atoms with Gasteiger partial charge < -0.3 is 4.74 Å². The Morgan fingerprint density at radius 3 is 2.21 bits per heavy atom. The largest absolute Gasteiger partial charge is 0.460 e. The van der Waals surface area contributed by atoms with Crippen LogP contribution in [0.25, 0.3) is 0 Å². The van der Waals surface area contributed by atoms with E-state index >= 15 is 0 Å². The van der Waals surface area contributed by atoms with Crippen LogP contribution in [-0.2, 0) is 9.53 Å². The smallest absolute Gasteiger partial charge is 0.309 e. The lowest BCUT2D eigenvalue weighted by atomic mass is 9.99. The Kier molecular flexibility index (Phi) is 5.82. The lowest BCUT2D eigenvalue weighted by Crippen LogP contribution is -2.28. The summed E-state index contributed by atoms with van der Waals surface area (Å²) in [6, 6.07) is 0. The van der Waals surface area contributed by atoms with Crippen molar-refractivity contribution >= 4 is 5.97 Å². The molecule has 0 saturated carbocycles. The predicted molar refractivity (Wildman–Crippen MR) is 59.2 cm³/mol. The highest BCUT2D eigenvalue weighted by Gasteiger charge is 2.22. The highest BCUT2D eigenvalue weighted by Crippen LogP contribution is 2.18. The Labute approximate surface area is 88.0 Å². The Bertz CT molecular complexity index is 168. The Hall–Kier alpha value is -0.530. The summed E-state index contributed by atoms with van der Waals surface area (Å²) in [4.78, 5) is 11.7. The topological polar surface area (TPSA) is 26.3 Å². The fourth-order valence-corrected chi connectivity index (χ4v) is 1.32. The molecular formula is C12H24O2. The molecule has 0 aliphatic heterocycles. The van der Waals surface area contributed by atoms with Gasteiger partial charge in [0, 0.05) is 0 Å². The number of hydrogen-bond acceptors (Lipinski definition) is 2. The molecule has 2 nitrogen and oxygen atoms in total. The number of carbonyl (C=O) groups is 1. The highest BCUT2D eigenvalue weighted by molar-refractivity contribution is 5.72. The van der Waals surface area contributed by atoms with Gasteiger partial charge in [-0.05, 0) is 33.6 Å². The summed E-state index contributed by atoms with van der Waals surface area (Å²) >= 11 is 0. The summed E-state index contributed by atoms with van der Waals surface area (Å²) in [5, 5.41) is 0. The number of rotatable bonds is 5. The summed E-state index contributed by atoms with van der Waals surface area (Å²) in [5.74, 6) is 0.0580. The van der Waals surface area contributed by atoms with E-state index in [-0.39, 0.29) is 17.5 Å². The summed E-state index contributed by atoms with van der Waals surface area (Å²) in [7, 11) is 0. The van der Waals surface area contributed by atoms with Crippen LogP contribution in [0, 0.1) is 5.92 Å². The molecule has 0 rings (SSSR count). The van der Waals surface area contributed by atoms with Crippen molar-refractivity contribution < 1.29 is 9.53 Å². The molecule has 0 radical (unpaired) electrons. The van der Waals surface area contributed by atoms with Gasteiger partial charge in [-0.25, -0.2) is 0 Å². The van der Waals surface area contributed by atoms with Crippen molar-refractivity contribution in [3.05, 3.63) is 0 Å². The van der Waals surface area contributed by atoms with Crippen molar-refractivity contribution in [1.82, 2.24) is 0 Å². The molecule has 84 valence electrons. The third-order valence-electron chi connectivity index (χ3n) is 2.14. The van der Waals surface area contributed by atoms with Gasteiger partial charge in [-0.2, -0.15) is 0 Å². The van der Waals surface area contributed by atoms with Crippen LogP contribution in [0.5, 0.6) is 0 Å². The average molecular weight is 200 g/mol. The van der Waals surface area contributed by atoms with E-state index in [0.29, 0.717) is 0 Å². The molecule has 2 heteroatoms. The zero-order chi connectivity index (χ0) is 11.2. The molecule has 0 aromatic rings. The van der Waals surface area contributed by atoms with Crippen molar-refractivity contribution in [2.45, 2.75) is 65.9 Å². The number of carbonyl (C=O) groups excluding carboxylic acids is 1. The maximum atomic E-state index is 11.7. The van der Waals surface area contributed by atoms with Crippen LogP contribution >= 0.6 is 0 Å². The van der Waals surface area contributed by atoms with Gasteiger partial charge in [0.05, 0.1) is 5.92 Å². The lowest BCUT2D eigenvalue weighted by Gasteiger charge is -2.23. The van der Waals surface area contributed by atoms with E-state index in [0.717, 1.165) is 25.7 Å². The second kappa shape index (κ2) is 6.05. The molecule has 0 spiro atoms. The molecule has 0 unspecified atom stereocenters. The molecule has 0 amide bonds. The highest BCUT2D eigenvalue weighted by atomic mass is 16.6. The minimum absolute atomic E-state index is 0.0338. The molecule has 0 saturated heterocycles. The van der Waals surface area contributed by atoms with E-state index in [4.69, 9.17) is 4.74 Å². The standard InChI is InChI=1S/C12H24O2/c1-6-8-9-10(7-2)11(13)14-12(3,4)5/h10H,6-9H2,1-5H3/t10-/m0/s1. The fourth-order valence-electron chi connectivity index (χ4n) is 1.32.